The van der Waals surface area contributed by atoms with Crippen molar-refractivity contribution in [1.29, 1.82) is 0 Å². The Morgan fingerprint density at radius 2 is 2.33 bits per heavy atom. The molecular formula is C8H8BrN3. The highest BCUT2D eigenvalue weighted by Crippen LogP contribution is 2.19. The molecule has 0 unspecified atom stereocenters. The molecule has 0 aliphatic carbocycles. The molecule has 2 N–H and O–H groups in total. The van der Waals surface area contributed by atoms with E-state index >= 15 is 0 Å². The second kappa shape index (κ2) is 2.48. The van der Waals surface area contributed by atoms with Crippen LogP contribution in [-0.2, 0) is 0 Å². The van der Waals surface area contributed by atoms with Crippen LogP contribution >= 0.6 is 15.9 Å². The Hall–Kier alpha value is -1.03. The number of aromatic nitrogens is 2. The van der Waals surface area contributed by atoms with Crippen LogP contribution in [0.3, 0.4) is 0 Å². The second-order valence-electron chi connectivity index (χ2n) is 2.72. The summed E-state index contributed by atoms with van der Waals surface area (Å²) in [6.07, 6.45) is 3.61. The van der Waals surface area contributed by atoms with Crippen LogP contribution < -0.4 is 5.73 Å². The highest BCUT2D eigenvalue weighted by atomic mass is 79.9. The molecule has 0 bridgehead atoms. The van der Waals surface area contributed by atoms with Crippen LogP contribution in [0.15, 0.2) is 22.9 Å². The quantitative estimate of drug-likeness (QED) is 0.746. The summed E-state index contributed by atoms with van der Waals surface area (Å²) in [4.78, 5) is 4.13. The second-order valence-corrected chi connectivity index (χ2v) is 3.57. The van der Waals surface area contributed by atoms with E-state index in [2.05, 4.69) is 20.9 Å². The number of fused-ring (bicyclic) bond motifs is 1. The third-order valence-corrected chi connectivity index (χ3v) is 2.66. The van der Waals surface area contributed by atoms with Gasteiger partial charge >= 0.3 is 0 Å². The molecule has 0 saturated carbocycles. The van der Waals surface area contributed by atoms with Crippen molar-refractivity contribution >= 4 is 27.4 Å². The number of nitrogens with zero attached hydrogens (tertiary/aromatic N) is 2. The molecule has 0 saturated heterocycles. The molecule has 62 valence electrons. The Bertz CT molecular complexity index is 433. The molecule has 0 aromatic carbocycles. The van der Waals surface area contributed by atoms with Crippen LogP contribution in [0, 0.1) is 6.92 Å². The average Bonchev–Trinajstić information content (AvgIpc) is 2.35. The van der Waals surface area contributed by atoms with E-state index in [9.17, 15) is 0 Å². The maximum Gasteiger partial charge on any atom is 0.139 e. The molecule has 0 atom stereocenters. The van der Waals surface area contributed by atoms with Crippen molar-refractivity contribution in [2.75, 3.05) is 5.73 Å². The van der Waals surface area contributed by atoms with E-state index in [1.54, 1.807) is 6.20 Å². The molecule has 0 spiro atoms. The van der Waals surface area contributed by atoms with Gasteiger partial charge in [-0.1, -0.05) is 15.9 Å². The molecule has 2 aromatic heterocycles. The normalized spacial score (nSPS) is 10.8. The summed E-state index contributed by atoms with van der Waals surface area (Å²) < 4.78 is 2.92. The maximum atomic E-state index is 5.68. The molecule has 12 heavy (non-hydrogen) atoms. The number of nitrogens with two attached hydrogens (primary N) is 1. The number of hydrogen-bond acceptors (Lipinski definition) is 2. The lowest BCUT2D eigenvalue weighted by atomic mass is 10.3. The molecule has 0 aliphatic heterocycles. The largest absolute Gasteiger partial charge is 0.383 e. The first-order chi connectivity index (χ1) is 5.68. The van der Waals surface area contributed by atoms with Gasteiger partial charge in [-0.15, -0.1) is 0 Å². The summed E-state index contributed by atoms with van der Waals surface area (Å²) in [6.45, 7) is 2.02. The van der Waals surface area contributed by atoms with Gasteiger partial charge in [-0.05, 0) is 18.6 Å². The molecule has 0 radical (unpaired) electrons. The Morgan fingerprint density at radius 3 is 3.08 bits per heavy atom. The van der Waals surface area contributed by atoms with Crippen molar-refractivity contribution in [2.45, 2.75) is 6.92 Å². The lowest BCUT2D eigenvalue weighted by Crippen LogP contribution is -1.93. The van der Waals surface area contributed by atoms with Gasteiger partial charge in [-0.3, -0.25) is 4.40 Å². The molecule has 0 fully saturated rings. The molecule has 3 nitrogen and oxygen atoms in total. The van der Waals surface area contributed by atoms with Crippen LogP contribution in [-0.4, -0.2) is 9.38 Å². The van der Waals surface area contributed by atoms with Gasteiger partial charge in [0.1, 0.15) is 11.5 Å². The van der Waals surface area contributed by atoms with Crippen molar-refractivity contribution in [3.8, 4) is 0 Å². The fourth-order valence-electron chi connectivity index (χ4n) is 1.12. The van der Waals surface area contributed by atoms with E-state index in [1.807, 2.05) is 23.6 Å². The van der Waals surface area contributed by atoms with Crippen molar-refractivity contribution in [2.24, 2.45) is 0 Å². The summed E-state index contributed by atoms with van der Waals surface area (Å²) in [5.74, 6) is 0.667. The van der Waals surface area contributed by atoms with E-state index in [-0.39, 0.29) is 0 Å². The van der Waals surface area contributed by atoms with Crippen LogP contribution in [0.4, 0.5) is 5.82 Å². The average molecular weight is 226 g/mol. The fraction of sp³-hybridized carbons (Fsp3) is 0.125. The van der Waals surface area contributed by atoms with Crippen molar-refractivity contribution < 1.29 is 0 Å². The predicted molar refractivity (Wildman–Crippen MR) is 52.0 cm³/mol. The standard InChI is InChI=1S/C8H8BrN3/c1-5-4-12-7(10)3-11-8(12)2-6(5)9/h2-4H,10H2,1H3. The van der Waals surface area contributed by atoms with Gasteiger partial charge in [-0.2, -0.15) is 0 Å². The van der Waals surface area contributed by atoms with Crippen LogP contribution in [0.5, 0.6) is 0 Å². The van der Waals surface area contributed by atoms with E-state index in [0.717, 1.165) is 15.7 Å². The van der Waals surface area contributed by atoms with E-state index < -0.39 is 0 Å². The number of nitrogen functional groups attached to an aromatic ring is 1. The van der Waals surface area contributed by atoms with Crippen molar-refractivity contribution in [1.82, 2.24) is 9.38 Å². The van der Waals surface area contributed by atoms with Gasteiger partial charge in [0.05, 0.1) is 6.20 Å². The van der Waals surface area contributed by atoms with Crippen LogP contribution in [0.2, 0.25) is 0 Å². The summed E-state index contributed by atoms with van der Waals surface area (Å²) in [5, 5.41) is 0. The number of pyridine rings is 1. The number of anilines is 1. The number of hydrogen-bond donors (Lipinski definition) is 1. The van der Waals surface area contributed by atoms with Gasteiger partial charge in [0.15, 0.2) is 0 Å². The lowest BCUT2D eigenvalue weighted by Gasteiger charge is -2.00. The summed E-state index contributed by atoms with van der Waals surface area (Å²) >= 11 is 3.43. The third-order valence-electron chi connectivity index (χ3n) is 1.81. The summed E-state index contributed by atoms with van der Waals surface area (Å²) in [5.41, 5.74) is 7.69. The molecule has 2 heterocycles. The minimum Gasteiger partial charge on any atom is -0.383 e. The van der Waals surface area contributed by atoms with E-state index in [0.29, 0.717) is 5.82 Å². The van der Waals surface area contributed by atoms with Gasteiger partial charge in [0.25, 0.3) is 0 Å². The first-order valence-electron chi connectivity index (χ1n) is 3.57. The molecule has 2 aromatic rings. The number of rotatable bonds is 0. The summed E-state index contributed by atoms with van der Waals surface area (Å²) in [7, 11) is 0. The zero-order chi connectivity index (χ0) is 8.72. The number of halogens is 1. The molecule has 0 amide bonds. The Balaban J connectivity index is 2.87. The van der Waals surface area contributed by atoms with Crippen molar-refractivity contribution in [3.05, 3.63) is 28.5 Å². The minimum absolute atomic E-state index is 0.667. The minimum atomic E-state index is 0.667. The van der Waals surface area contributed by atoms with Gasteiger partial charge in [0.2, 0.25) is 0 Å². The Labute approximate surface area is 78.3 Å². The van der Waals surface area contributed by atoms with Crippen LogP contribution in [0.25, 0.3) is 5.65 Å². The zero-order valence-electron chi connectivity index (χ0n) is 6.58. The monoisotopic (exact) mass is 225 g/mol. The maximum absolute atomic E-state index is 5.68. The Kier molecular flexibility index (Phi) is 1.58. The predicted octanol–water partition coefficient (Wildman–Crippen LogP) is 1.99. The highest BCUT2D eigenvalue weighted by Gasteiger charge is 2.01. The van der Waals surface area contributed by atoms with E-state index in [1.165, 1.54) is 0 Å². The van der Waals surface area contributed by atoms with Gasteiger partial charge in [0, 0.05) is 10.7 Å². The SMILES string of the molecule is Cc1cn2c(N)cnc2cc1Br. The number of aryl methyl sites for hydroxylation is 1. The molecular weight excluding hydrogens is 218 g/mol. The fourth-order valence-corrected chi connectivity index (χ4v) is 1.43. The lowest BCUT2D eigenvalue weighted by molar-refractivity contribution is 1.15. The highest BCUT2D eigenvalue weighted by molar-refractivity contribution is 9.10. The molecule has 2 rings (SSSR count). The molecule has 0 aliphatic rings. The number of imidazole rings is 1. The zero-order valence-corrected chi connectivity index (χ0v) is 8.17. The summed E-state index contributed by atoms with van der Waals surface area (Å²) in [6, 6.07) is 1.95. The van der Waals surface area contributed by atoms with Crippen molar-refractivity contribution in [3.63, 3.8) is 0 Å². The van der Waals surface area contributed by atoms with Gasteiger partial charge in [-0.25, -0.2) is 4.98 Å². The molecule has 4 heteroatoms. The topological polar surface area (TPSA) is 43.3 Å². The Morgan fingerprint density at radius 1 is 1.58 bits per heavy atom. The first kappa shape index (κ1) is 7.61. The first-order valence-corrected chi connectivity index (χ1v) is 4.36. The third kappa shape index (κ3) is 0.992. The van der Waals surface area contributed by atoms with E-state index in [4.69, 9.17) is 5.73 Å². The smallest absolute Gasteiger partial charge is 0.139 e. The van der Waals surface area contributed by atoms with Crippen LogP contribution in [0.1, 0.15) is 5.56 Å². The van der Waals surface area contributed by atoms with Gasteiger partial charge < -0.3 is 5.73 Å².